The van der Waals surface area contributed by atoms with Crippen molar-refractivity contribution < 1.29 is 4.79 Å². The van der Waals surface area contributed by atoms with E-state index in [-0.39, 0.29) is 23.6 Å². The summed E-state index contributed by atoms with van der Waals surface area (Å²) in [5.41, 5.74) is 2.17. The Bertz CT molecular complexity index is 1080. The van der Waals surface area contributed by atoms with Gasteiger partial charge in [-0.3, -0.25) is 24.1 Å². The Morgan fingerprint density at radius 3 is 2.84 bits per heavy atom. The number of amides is 1. The molecule has 0 aliphatic heterocycles. The lowest BCUT2D eigenvalue weighted by molar-refractivity contribution is 0.0955. The molecule has 3 aromatic heterocycles. The van der Waals surface area contributed by atoms with Crippen LogP contribution < -0.4 is 16.7 Å². The summed E-state index contributed by atoms with van der Waals surface area (Å²) >= 11 is 3.25. The molecule has 0 saturated heterocycles. The van der Waals surface area contributed by atoms with E-state index >= 15 is 0 Å². The Morgan fingerprint density at radius 1 is 1.40 bits per heavy atom. The molecule has 0 unspecified atom stereocenters. The van der Waals surface area contributed by atoms with E-state index in [1.54, 1.807) is 12.1 Å². The Hall–Kier alpha value is -3.08. The first kappa shape index (κ1) is 16.8. The van der Waals surface area contributed by atoms with Crippen molar-refractivity contribution in [2.45, 2.75) is 6.54 Å². The van der Waals surface area contributed by atoms with Crippen molar-refractivity contribution in [3.8, 4) is 0 Å². The topological polar surface area (TPSA) is 127 Å². The molecule has 1 amide bonds. The molecule has 128 valence electrons. The third-order valence-electron chi connectivity index (χ3n) is 3.42. The van der Waals surface area contributed by atoms with E-state index in [1.165, 1.54) is 34.8 Å². The number of aryl methyl sites for hydroxylation is 1. The summed E-state index contributed by atoms with van der Waals surface area (Å²) in [7, 11) is 1.51. The molecule has 10 nitrogen and oxygen atoms in total. The van der Waals surface area contributed by atoms with Gasteiger partial charge in [0, 0.05) is 31.2 Å². The molecule has 0 radical (unpaired) electrons. The smallest absolute Gasteiger partial charge is 0.307 e. The fourth-order valence-corrected chi connectivity index (χ4v) is 2.66. The zero-order valence-electron chi connectivity index (χ0n) is 12.9. The Morgan fingerprint density at radius 2 is 2.12 bits per heavy atom. The summed E-state index contributed by atoms with van der Waals surface area (Å²) in [5, 5.41) is 3.84. The number of rotatable bonds is 4. The zero-order valence-corrected chi connectivity index (χ0v) is 14.5. The number of nitrogens with one attached hydrogen (secondary N) is 2. The first-order chi connectivity index (χ1) is 12.0. The van der Waals surface area contributed by atoms with Gasteiger partial charge in [-0.05, 0) is 28.1 Å². The van der Waals surface area contributed by atoms with Crippen molar-refractivity contribution in [3.63, 3.8) is 0 Å². The quantitative estimate of drug-likeness (QED) is 0.358. The number of imidazole rings is 1. The van der Waals surface area contributed by atoms with Crippen LogP contribution in [0.2, 0.25) is 0 Å². The van der Waals surface area contributed by atoms with Crippen LogP contribution in [0.4, 0.5) is 0 Å². The average molecular weight is 406 g/mol. The molecule has 0 aliphatic rings. The van der Waals surface area contributed by atoms with Crippen molar-refractivity contribution in [1.29, 1.82) is 0 Å². The molecule has 0 bridgehead atoms. The van der Waals surface area contributed by atoms with Crippen LogP contribution in [0.25, 0.3) is 11.2 Å². The van der Waals surface area contributed by atoms with Gasteiger partial charge in [0.25, 0.3) is 11.5 Å². The number of carbonyl (C=O) groups is 1. The molecule has 0 spiro atoms. The number of nitrogens with zero attached hydrogens (tertiary/aromatic N) is 5. The summed E-state index contributed by atoms with van der Waals surface area (Å²) in [5.74, 6) is -0.381. The number of halogens is 1. The molecule has 2 N–H and O–H groups in total. The van der Waals surface area contributed by atoms with Gasteiger partial charge >= 0.3 is 5.69 Å². The maximum Gasteiger partial charge on any atom is 0.329 e. The number of hydrazone groups is 1. The lowest BCUT2D eigenvalue weighted by Gasteiger charge is -2.02. The van der Waals surface area contributed by atoms with E-state index in [0.717, 1.165) is 0 Å². The molecule has 3 rings (SSSR count). The van der Waals surface area contributed by atoms with Crippen LogP contribution in [-0.2, 0) is 13.6 Å². The minimum atomic E-state index is -0.550. The zero-order chi connectivity index (χ0) is 18.0. The SMILES string of the molecule is Cn1c(=O)[nH]c(=O)c2c1nc(Br)n2C/C=N\NC(=O)c1ccncc1. The minimum absolute atomic E-state index is 0.162. The van der Waals surface area contributed by atoms with Crippen molar-refractivity contribution >= 4 is 39.2 Å². The van der Waals surface area contributed by atoms with Crippen LogP contribution in [0.3, 0.4) is 0 Å². The summed E-state index contributed by atoms with van der Waals surface area (Å²) in [6.07, 6.45) is 4.42. The molecule has 0 atom stereocenters. The largest absolute Gasteiger partial charge is 0.329 e. The summed E-state index contributed by atoms with van der Waals surface area (Å²) in [4.78, 5) is 45.7. The first-order valence-corrected chi connectivity index (χ1v) is 7.85. The standard InChI is InChI=1S/C14H12BrN7O3/c1-21-10-9(12(24)19-14(21)25)22(13(15)18-10)7-6-17-20-11(23)8-2-4-16-5-3-8/h2-6H,7H2,1H3,(H,20,23)(H,19,24,25)/b17-6-. The number of hydrogen-bond donors (Lipinski definition) is 2. The van der Waals surface area contributed by atoms with E-state index in [0.29, 0.717) is 10.3 Å². The molecule has 3 aromatic rings. The molecule has 11 heteroatoms. The normalized spacial score (nSPS) is 11.3. The number of hydrogen-bond acceptors (Lipinski definition) is 6. The second-order valence-electron chi connectivity index (χ2n) is 4.97. The molecule has 0 fully saturated rings. The summed E-state index contributed by atoms with van der Waals surface area (Å²) in [6, 6.07) is 3.12. The van der Waals surface area contributed by atoms with Crippen LogP contribution in [0, 0.1) is 0 Å². The molecule has 0 saturated carbocycles. The maximum atomic E-state index is 12.0. The van der Waals surface area contributed by atoms with Gasteiger partial charge in [-0.25, -0.2) is 15.2 Å². The monoisotopic (exact) mass is 405 g/mol. The number of pyridine rings is 1. The molecular weight excluding hydrogens is 394 g/mol. The lowest BCUT2D eigenvalue weighted by Crippen LogP contribution is -2.29. The van der Waals surface area contributed by atoms with Gasteiger partial charge in [-0.1, -0.05) is 0 Å². The highest BCUT2D eigenvalue weighted by molar-refractivity contribution is 9.10. The van der Waals surface area contributed by atoms with Crippen LogP contribution in [-0.4, -0.2) is 36.2 Å². The Balaban J connectivity index is 1.81. The number of aromatic amines is 1. The number of carbonyl (C=O) groups excluding carboxylic acids is 1. The molecular formula is C14H12BrN7O3. The number of aromatic nitrogens is 5. The van der Waals surface area contributed by atoms with Gasteiger partial charge in [0.15, 0.2) is 15.9 Å². The van der Waals surface area contributed by atoms with Gasteiger partial charge in [0.05, 0.1) is 6.54 Å². The lowest BCUT2D eigenvalue weighted by atomic mass is 10.3. The minimum Gasteiger partial charge on any atom is -0.307 e. The second kappa shape index (κ2) is 6.81. The van der Waals surface area contributed by atoms with Gasteiger partial charge in [-0.15, -0.1) is 0 Å². The van der Waals surface area contributed by atoms with E-state index in [4.69, 9.17) is 0 Å². The van der Waals surface area contributed by atoms with Gasteiger partial charge in [0.2, 0.25) is 0 Å². The maximum absolute atomic E-state index is 12.0. The van der Waals surface area contributed by atoms with Gasteiger partial charge < -0.3 is 4.57 Å². The average Bonchev–Trinajstić information content (AvgIpc) is 2.94. The van der Waals surface area contributed by atoms with Crippen LogP contribution in [0.1, 0.15) is 10.4 Å². The number of fused-ring (bicyclic) bond motifs is 1. The first-order valence-electron chi connectivity index (χ1n) is 7.06. The van der Waals surface area contributed by atoms with E-state index < -0.39 is 11.2 Å². The summed E-state index contributed by atoms with van der Waals surface area (Å²) < 4.78 is 3.12. The van der Waals surface area contributed by atoms with E-state index in [2.05, 4.69) is 41.4 Å². The molecule has 0 aliphatic carbocycles. The van der Waals surface area contributed by atoms with Crippen molar-refractivity contribution in [1.82, 2.24) is 29.5 Å². The van der Waals surface area contributed by atoms with Gasteiger partial charge in [-0.2, -0.15) is 5.10 Å². The van der Waals surface area contributed by atoms with Crippen molar-refractivity contribution in [3.05, 3.63) is 55.7 Å². The van der Waals surface area contributed by atoms with Crippen LogP contribution >= 0.6 is 15.9 Å². The second-order valence-corrected chi connectivity index (χ2v) is 5.68. The number of H-pyrrole nitrogens is 1. The third-order valence-corrected chi connectivity index (χ3v) is 4.03. The molecule has 25 heavy (non-hydrogen) atoms. The fraction of sp³-hybridized carbons (Fsp3) is 0.143. The van der Waals surface area contributed by atoms with E-state index in [9.17, 15) is 14.4 Å². The molecule has 0 aromatic carbocycles. The third kappa shape index (κ3) is 3.26. The predicted molar refractivity (Wildman–Crippen MR) is 93.5 cm³/mol. The van der Waals surface area contributed by atoms with Crippen molar-refractivity contribution in [2.75, 3.05) is 0 Å². The summed E-state index contributed by atoms with van der Waals surface area (Å²) in [6.45, 7) is 0.162. The Kier molecular flexibility index (Phi) is 4.57. The highest BCUT2D eigenvalue weighted by Crippen LogP contribution is 2.15. The van der Waals surface area contributed by atoms with Gasteiger partial charge in [0.1, 0.15) is 0 Å². The predicted octanol–water partition coefficient (Wildman–Crippen LogP) is -0.00340. The van der Waals surface area contributed by atoms with Crippen LogP contribution in [0.5, 0.6) is 0 Å². The van der Waals surface area contributed by atoms with Crippen molar-refractivity contribution in [2.24, 2.45) is 12.1 Å². The van der Waals surface area contributed by atoms with Crippen LogP contribution in [0.15, 0.2) is 44.0 Å². The highest BCUT2D eigenvalue weighted by Gasteiger charge is 2.14. The van der Waals surface area contributed by atoms with E-state index in [1.807, 2.05) is 0 Å². The fourth-order valence-electron chi connectivity index (χ4n) is 2.17. The Labute approximate surface area is 148 Å². The highest BCUT2D eigenvalue weighted by atomic mass is 79.9. The molecule has 3 heterocycles.